The van der Waals surface area contributed by atoms with Crippen LogP contribution in [0.5, 0.6) is 11.5 Å². The molecule has 1 aromatic heterocycles. The van der Waals surface area contributed by atoms with E-state index in [2.05, 4.69) is 36.9 Å². The van der Waals surface area contributed by atoms with Crippen molar-refractivity contribution in [3.8, 4) is 22.9 Å². The fourth-order valence-corrected chi connectivity index (χ4v) is 3.74. The standard InChI is InChI=1S/C23H28BrN5O3S/c1-5-31-18-11-16(17(24)12-19(18)32-14-20(30)26-23(2,3)4)13-25-29-21(27-28-22(29)33)15-9-7-6-8-10-15/h6-12,25H,5,13-14H2,1-4H3,(H,26,30)(H,28,33). The molecule has 3 N–H and O–H groups in total. The quantitative estimate of drug-likeness (QED) is 0.342. The summed E-state index contributed by atoms with van der Waals surface area (Å²) >= 11 is 8.99. The van der Waals surface area contributed by atoms with Crippen LogP contribution in [0.1, 0.15) is 33.3 Å². The third-order valence-electron chi connectivity index (χ3n) is 4.42. The number of amides is 1. The molecule has 0 aliphatic heterocycles. The van der Waals surface area contributed by atoms with E-state index in [0.717, 1.165) is 15.6 Å². The van der Waals surface area contributed by atoms with Gasteiger partial charge in [0, 0.05) is 15.6 Å². The lowest BCUT2D eigenvalue weighted by molar-refractivity contribution is -0.124. The highest BCUT2D eigenvalue weighted by Gasteiger charge is 2.17. The Hall–Kier alpha value is -2.85. The summed E-state index contributed by atoms with van der Waals surface area (Å²) in [5.41, 5.74) is 4.84. The van der Waals surface area contributed by atoms with Crippen LogP contribution < -0.4 is 20.2 Å². The monoisotopic (exact) mass is 533 g/mol. The van der Waals surface area contributed by atoms with Gasteiger partial charge in [-0.3, -0.25) is 4.79 Å². The van der Waals surface area contributed by atoms with Gasteiger partial charge in [0.25, 0.3) is 5.91 Å². The van der Waals surface area contributed by atoms with Gasteiger partial charge in [0.05, 0.1) is 13.2 Å². The van der Waals surface area contributed by atoms with E-state index in [-0.39, 0.29) is 18.1 Å². The summed E-state index contributed by atoms with van der Waals surface area (Å²) in [6.45, 7) is 8.46. The molecule has 3 aromatic rings. The zero-order valence-electron chi connectivity index (χ0n) is 19.1. The highest BCUT2D eigenvalue weighted by molar-refractivity contribution is 9.10. The molecule has 0 aliphatic carbocycles. The predicted molar refractivity (Wildman–Crippen MR) is 135 cm³/mol. The van der Waals surface area contributed by atoms with Crippen LogP contribution in [0, 0.1) is 4.77 Å². The number of aromatic nitrogens is 3. The summed E-state index contributed by atoms with van der Waals surface area (Å²) < 4.78 is 14.5. The van der Waals surface area contributed by atoms with E-state index in [1.807, 2.05) is 64.1 Å². The Kier molecular flexibility index (Phi) is 8.15. The van der Waals surface area contributed by atoms with Crippen LogP contribution in [-0.2, 0) is 11.3 Å². The highest BCUT2D eigenvalue weighted by Crippen LogP contribution is 2.34. The molecule has 8 nitrogen and oxygen atoms in total. The minimum absolute atomic E-state index is 0.105. The van der Waals surface area contributed by atoms with E-state index in [4.69, 9.17) is 21.7 Å². The molecule has 3 rings (SSSR count). The molecule has 0 saturated heterocycles. The minimum Gasteiger partial charge on any atom is -0.490 e. The van der Waals surface area contributed by atoms with Crippen molar-refractivity contribution in [1.29, 1.82) is 0 Å². The van der Waals surface area contributed by atoms with E-state index in [1.54, 1.807) is 10.7 Å². The maximum atomic E-state index is 12.1. The first-order valence-corrected chi connectivity index (χ1v) is 11.7. The second kappa shape index (κ2) is 10.8. The van der Waals surface area contributed by atoms with Crippen molar-refractivity contribution in [3.63, 3.8) is 0 Å². The van der Waals surface area contributed by atoms with Crippen LogP contribution in [0.4, 0.5) is 0 Å². The first kappa shape index (κ1) is 24.8. The van der Waals surface area contributed by atoms with Crippen molar-refractivity contribution >= 4 is 34.1 Å². The van der Waals surface area contributed by atoms with Crippen LogP contribution in [0.25, 0.3) is 11.4 Å². The lowest BCUT2D eigenvalue weighted by atomic mass is 10.1. The number of nitrogens with zero attached hydrogens (tertiary/aromatic N) is 2. The third kappa shape index (κ3) is 6.82. The van der Waals surface area contributed by atoms with Crippen LogP contribution >= 0.6 is 28.1 Å². The van der Waals surface area contributed by atoms with Crippen molar-refractivity contribution in [2.45, 2.75) is 39.8 Å². The molecule has 0 atom stereocenters. The zero-order valence-corrected chi connectivity index (χ0v) is 21.5. The number of H-pyrrole nitrogens is 1. The summed E-state index contributed by atoms with van der Waals surface area (Å²) in [7, 11) is 0. The Bertz CT molecular complexity index is 1160. The molecule has 0 radical (unpaired) electrons. The molecule has 0 saturated carbocycles. The normalized spacial score (nSPS) is 11.2. The second-order valence-electron chi connectivity index (χ2n) is 8.30. The Balaban J connectivity index is 1.77. The predicted octanol–water partition coefficient (Wildman–Crippen LogP) is 4.81. The van der Waals surface area contributed by atoms with Gasteiger partial charge in [-0.15, -0.1) is 0 Å². The van der Waals surface area contributed by atoms with Crippen LogP contribution in [0.3, 0.4) is 0 Å². The first-order chi connectivity index (χ1) is 15.7. The number of ether oxygens (including phenoxy) is 2. The molecular formula is C23H28BrN5O3S. The fourth-order valence-electron chi connectivity index (χ4n) is 3.08. The molecule has 0 spiro atoms. The largest absolute Gasteiger partial charge is 0.490 e. The van der Waals surface area contributed by atoms with E-state index < -0.39 is 0 Å². The van der Waals surface area contributed by atoms with Gasteiger partial charge in [-0.2, -0.15) is 5.10 Å². The van der Waals surface area contributed by atoms with Gasteiger partial charge in [-0.1, -0.05) is 46.3 Å². The highest BCUT2D eigenvalue weighted by atomic mass is 79.9. The Morgan fingerprint density at radius 1 is 1.18 bits per heavy atom. The van der Waals surface area contributed by atoms with Crippen LogP contribution in [0.15, 0.2) is 46.9 Å². The van der Waals surface area contributed by atoms with Gasteiger partial charge in [0.15, 0.2) is 23.9 Å². The van der Waals surface area contributed by atoms with Crippen LogP contribution in [-0.4, -0.2) is 39.5 Å². The van der Waals surface area contributed by atoms with Gasteiger partial charge < -0.3 is 20.2 Å². The van der Waals surface area contributed by atoms with E-state index in [9.17, 15) is 4.79 Å². The van der Waals surface area contributed by atoms with Crippen molar-refractivity contribution in [3.05, 3.63) is 57.3 Å². The molecule has 1 heterocycles. The Morgan fingerprint density at radius 2 is 1.88 bits per heavy atom. The van der Waals surface area contributed by atoms with E-state index in [1.165, 1.54) is 0 Å². The third-order valence-corrected chi connectivity index (χ3v) is 5.43. The molecule has 0 fully saturated rings. The molecule has 0 unspecified atom stereocenters. The number of carbonyl (C=O) groups is 1. The molecule has 0 bridgehead atoms. The maximum absolute atomic E-state index is 12.1. The lowest BCUT2D eigenvalue weighted by Gasteiger charge is -2.21. The van der Waals surface area contributed by atoms with Gasteiger partial charge in [0.2, 0.25) is 4.77 Å². The van der Waals surface area contributed by atoms with Gasteiger partial charge >= 0.3 is 0 Å². The SMILES string of the molecule is CCOc1cc(CNn2c(-c3ccccc3)n[nH]c2=S)c(Br)cc1OCC(=O)NC(C)(C)C. The van der Waals surface area contributed by atoms with Crippen molar-refractivity contribution in [2.24, 2.45) is 0 Å². The lowest BCUT2D eigenvalue weighted by Crippen LogP contribution is -2.43. The number of aromatic amines is 1. The topological polar surface area (TPSA) is 93.2 Å². The average Bonchev–Trinajstić information content (AvgIpc) is 3.12. The fraction of sp³-hybridized carbons (Fsp3) is 0.348. The van der Waals surface area contributed by atoms with E-state index in [0.29, 0.717) is 35.2 Å². The number of benzene rings is 2. The Morgan fingerprint density at radius 3 is 2.55 bits per heavy atom. The minimum atomic E-state index is -0.327. The molecule has 33 heavy (non-hydrogen) atoms. The van der Waals surface area contributed by atoms with Crippen LogP contribution in [0.2, 0.25) is 0 Å². The number of rotatable bonds is 9. The molecule has 2 aromatic carbocycles. The number of nitrogens with one attached hydrogen (secondary N) is 3. The zero-order chi connectivity index (χ0) is 24.0. The molecule has 1 amide bonds. The molecule has 176 valence electrons. The second-order valence-corrected chi connectivity index (χ2v) is 9.54. The number of halogens is 1. The summed E-state index contributed by atoms with van der Waals surface area (Å²) in [6, 6.07) is 13.5. The van der Waals surface area contributed by atoms with Gasteiger partial charge in [-0.05, 0) is 57.6 Å². The first-order valence-electron chi connectivity index (χ1n) is 10.5. The van der Waals surface area contributed by atoms with Gasteiger partial charge in [0.1, 0.15) is 0 Å². The smallest absolute Gasteiger partial charge is 0.258 e. The van der Waals surface area contributed by atoms with Crippen molar-refractivity contribution in [2.75, 3.05) is 18.6 Å². The van der Waals surface area contributed by atoms with E-state index >= 15 is 0 Å². The number of hydrogen-bond donors (Lipinski definition) is 3. The summed E-state index contributed by atoms with van der Waals surface area (Å²) in [6.07, 6.45) is 0. The summed E-state index contributed by atoms with van der Waals surface area (Å²) in [4.78, 5) is 12.1. The van der Waals surface area contributed by atoms with Gasteiger partial charge in [-0.25, -0.2) is 9.77 Å². The molecular weight excluding hydrogens is 506 g/mol. The molecule has 10 heteroatoms. The van der Waals surface area contributed by atoms with Crippen molar-refractivity contribution in [1.82, 2.24) is 20.2 Å². The maximum Gasteiger partial charge on any atom is 0.258 e. The number of hydrogen-bond acceptors (Lipinski definition) is 6. The number of carbonyl (C=O) groups excluding carboxylic acids is 1. The summed E-state index contributed by atoms with van der Waals surface area (Å²) in [5, 5.41) is 10.0. The van der Waals surface area contributed by atoms with Crippen molar-refractivity contribution < 1.29 is 14.3 Å². The Labute approximate surface area is 206 Å². The molecule has 0 aliphatic rings. The average molecular weight is 534 g/mol. The summed E-state index contributed by atoms with van der Waals surface area (Å²) in [5.74, 6) is 1.53.